The number of likely N-dealkylation sites (N-methyl/N-ethyl adjacent to an activating group) is 1. The molecule has 0 aromatic carbocycles. The van der Waals surface area contributed by atoms with Gasteiger partial charge in [-0.2, -0.15) is 0 Å². The number of ether oxygens (including phenoxy) is 3. The van der Waals surface area contributed by atoms with Gasteiger partial charge in [0.2, 0.25) is 0 Å². The molecule has 0 rings (SSSR count). The minimum atomic E-state index is -1.15. The molecule has 0 aromatic rings. The van der Waals surface area contributed by atoms with Crippen LogP contribution in [0.4, 0.5) is 0 Å². The molecule has 312 valence electrons. The molecule has 0 fully saturated rings. The molecule has 0 heterocycles. The van der Waals surface area contributed by atoms with Crippen molar-refractivity contribution in [2.45, 2.75) is 122 Å². The number of rotatable bonds is 34. The van der Waals surface area contributed by atoms with Crippen molar-refractivity contribution in [3.8, 4) is 0 Å². The first kappa shape index (κ1) is 51.7. The van der Waals surface area contributed by atoms with Gasteiger partial charge in [0, 0.05) is 12.8 Å². The lowest BCUT2D eigenvalue weighted by Gasteiger charge is -2.34. The first-order valence-electron chi connectivity index (χ1n) is 20.6. The second kappa shape index (κ2) is 37.6. The van der Waals surface area contributed by atoms with Crippen LogP contribution in [0.5, 0.6) is 0 Å². The SMILES string of the molecule is CC/C=C/C/C=C/C/C=C/C/C=C/C/C=C/C/C=C/C/C=C/CCCC(=O)OC(COCCC(C(=O)[O-])[N+](C)(C)C)COC(=O)C/C=C/C/C=C/C/C=C/CC. The van der Waals surface area contributed by atoms with Crippen molar-refractivity contribution in [1.82, 2.24) is 0 Å². The molecule has 0 aromatic heterocycles. The normalized spacial score (nSPS) is 14.2. The maximum atomic E-state index is 12.7. The quantitative estimate of drug-likeness (QED) is 0.0278. The highest BCUT2D eigenvalue weighted by Crippen LogP contribution is 2.09. The van der Waals surface area contributed by atoms with E-state index in [9.17, 15) is 19.5 Å². The maximum absolute atomic E-state index is 12.7. The molecular weight excluding hydrogens is 703 g/mol. The van der Waals surface area contributed by atoms with Gasteiger partial charge in [-0.1, -0.05) is 135 Å². The van der Waals surface area contributed by atoms with Crippen molar-refractivity contribution in [1.29, 1.82) is 0 Å². The van der Waals surface area contributed by atoms with Gasteiger partial charge in [0.25, 0.3) is 0 Å². The monoisotopic (exact) mass is 776 g/mol. The molecule has 0 saturated heterocycles. The average molecular weight is 776 g/mol. The third-order valence-corrected chi connectivity index (χ3v) is 8.13. The number of carboxylic acids is 1. The minimum Gasteiger partial charge on any atom is -0.544 e. The second-order valence-electron chi connectivity index (χ2n) is 14.1. The molecule has 56 heavy (non-hydrogen) atoms. The van der Waals surface area contributed by atoms with Crippen LogP contribution < -0.4 is 5.11 Å². The Morgan fingerprint density at radius 1 is 0.554 bits per heavy atom. The van der Waals surface area contributed by atoms with E-state index in [1.165, 1.54) is 0 Å². The van der Waals surface area contributed by atoms with Crippen molar-refractivity contribution >= 4 is 17.9 Å². The van der Waals surface area contributed by atoms with Gasteiger partial charge in [-0.3, -0.25) is 9.59 Å². The van der Waals surface area contributed by atoms with Gasteiger partial charge < -0.3 is 28.6 Å². The number of hydrogen-bond acceptors (Lipinski definition) is 7. The van der Waals surface area contributed by atoms with Crippen LogP contribution in [0.15, 0.2) is 122 Å². The third-order valence-electron chi connectivity index (χ3n) is 8.13. The van der Waals surface area contributed by atoms with Crippen LogP contribution >= 0.6 is 0 Å². The summed E-state index contributed by atoms with van der Waals surface area (Å²) < 4.78 is 16.9. The summed E-state index contributed by atoms with van der Waals surface area (Å²) in [5.74, 6) is -1.99. The van der Waals surface area contributed by atoms with Crippen LogP contribution in [0.25, 0.3) is 0 Å². The number of esters is 2. The van der Waals surface area contributed by atoms with Gasteiger partial charge >= 0.3 is 11.9 Å². The first-order chi connectivity index (χ1) is 27.1. The molecule has 0 aliphatic rings. The molecule has 0 spiro atoms. The van der Waals surface area contributed by atoms with Crippen LogP contribution in [-0.4, -0.2) is 75.5 Å². The number of carboxylic acid groups (broad SMARTS) is 1. The maximum Gasteiger partial charge on any atom is 0.309 e. The van der Waals surface area contributed by atoms with Crippen LogP contribution in [0.1, 0.15) is 110 Å². The van der Waals surface area contributed by atoms with Crippen LogP contribution in [0.3, 0.4) is 0 Å². The van der Waals surface area contributed by atoms with Gasteiger partial charge in [-0.15, -0.1) is 0 Å². The lowest BCUT2D eigenvalue weighted by molar-refractivity contribution is -0.889. The number of carbonyl (C=O) groups excluding carboxylic acids is 3. The summed E-state index contributed by atoms with van der Waals surface area (Å²) in [6.45, 7) is 4.21. The Bertz CT molecular complexity index is 1320. The third kappa shape index (κ3) is 35.4. The summed E-state index contributed by atoms with van der Waals surface area (Å²) in [5.41, 5.74) is 0. The number of unbranched alkanes of at least 4 members (excludes halogenated alkanes) is 1. The largest absolute Gasteiger partial charge is 0.544 e. The Morgan fingerprint density at radius 3 is 1.38 bits per heavy atom. The van der Waals surface area contributed by atoms with Crippen molar-refractivity contribution in [2.24, 2.45) is 0 Å². The zero-order chi connectivity index (χ0) is 41.4. The Kier molecular flexibility index (Phi) is 34.8. The number of carbonyl (C=O) groups is 3. The summed E-state index contributed by atoms with van der Waals surface area (Å²) >= 11 is 0. The van der Waals surface area contributed by atoms with Crippen LogP contribution in [0.2, 0.25) is 0 Å². The van der Waals surface area contributed by atoms with E-state index in [2.05, 4.69) is 117 Å². The summed E-state index contributed by atoms with van der Waals surface area (Å²) in [6.07, 6.45) is 52.8. The van der Waals surface area contributed by atoms with Gasteiger partial charge in [0.05, 0.1) is 46.7 Å². The number of nitrogens with zero attached hydrogens (tertiary/aromatic N) is 1. The van der Waals surface area contributed by atoms with E-state index in [-0.39, 0.29) is 43.6 Å². The predicted molar refractivity (Wildman–Crippen MR) is 230 cm³/mol. The smallest absolute Gasteiger partial charge is 0.309 e. The van der Waals surface area contributed by atoms with E-state index in [4.69, 9.17) is 14.2 Å². The number of allylic oxidation sites excluding steroid dienone is 19. The molecule has 8 heteroatoms. The standard InChI is InChI=1S/C48H73NO7/c1-6-8-10-12-14-16-17-18-19-20-21-22-23-24-25-26-27-28-29-31-33-35-37-39-47(51)56-44(42-54-41-40-45(48(52)53)49(3,4)5)43-55-46(50)38-36-34-32-30-15-13-11-9-7-2/h8-11,14-16,18-19,21-22,24-25,27-28,30-31,33-34,36,44-45H,6-7,12-13,17,20,23,26,29,32,35,37-43H2,1-5H3/b10-8+,11-9+,16-14+,19-18+,22-21+,25-24+,28-27+,30-15+,33-31+,36-34+. The highest BCUT2D eigenvalue weighted by molar-refractivity contribution is 5.71. The van der Waals surface area contributed by atoms with Gasteiger partial charge in [-0.25, -0.2) is 0 Å². The van der Waals surface area contributed by atoms with E-state index >= 15 is 0 Å². The number of hydrogen-bond donors (Lipinski definition) is 0. The van der Waals surface area contributed by atoms with E-state index in [0.29, 0.717) is 6.42 Å². The lowest BCUT2D eigenvalue weighted by atomic mass is 10.1. The van der Waals surface area contributed by atoms with E-state index in [1.54, 1.807) is 27.2 Å². The summed E-state index contributed by atoms with van der Waals surface area (Å²) in [7, 11) is 5.34. The molecular formula is C48H73NO7. The average Bonchev–Trinajstić information content (AvgIpc) is 3.15. The van der Waals surface area contributed by atoms with Crippen LogP contribution in [-0.2, 0) is 28.6 Å². The zero-order valence-corrected chi connectivity index (χ0v) is 35.2. The summed E-state index contributed by atoms with van der Waals surface area (Å²) in [6, 6.07) is -0.754. The van der Waals surface area contributed by atoms with Crippen molar-refractivity contribution in [3.05, 3.63) is 122 Å². The highest BCUT2D eigenvalue weighted by atomic mass is 16.6. The van der Waals surface area contributed by atoms with Crippen molar-refractivity contribution in [3.63, 3.8) is 0 Å². The van der Waals surface area contributed by atoms with E-state index in [1.807, 2.05) is 12.2 Å². The molecule has 0 N–H and O–H groups in total. The van der Waals surface area contributed by atoms with Crippen LogP contribution in [0, 0.1) is 0 Å². The highest BCUT2D eigenvalue weighted by Gasteiger charge is 2.25. The zero-order valence-electron chi connectivity index (χ0n) is 35.2. The molecule has 0 bridgehead atoms. The molecule has 0 saturated carbocycles. The van der Waals surface area contributed by atoms with Gasteiger partial charge in [0.1, 0.15) is 12.6 Å². The fraction of sp³-hybridized carbons (Fsp3) is 0.521. The first-order valence-corrected chi connectivity index (χ1v) is 20.6. The van der Waals surface area contributed by atoms with E-state index in [0.717, 1.165) is 70.6 Å². The topological polar surface area (TPSA) is 102 Å². The molecule has 2 atom stereocenters. The fourth-order valence-electron chi connectivity index (χ4n) is 5.00. The lowest BCUT2D eigenvalue weighted by Crippen LogP contribution is -2.55. The van der Waals surface area contributed by atoms with Gasteiger partial charge in [-0.05, 0) is 77.0 Å². The number of quaternary nitrogens is 1. The molecule has 0 aliphatic carbocycles. The van der Waals surface area contributed by atoms with E-state index < -0.39 is 30.1 Å². The molecule has 2 unspecified atom stereocenters. The number of aliphatic carboxylic acids is 1. The molecule has 0 radical (unpaired) electrons. The molecule has 0 amide bonds. The summed E-state index contributed by atoms with van der Waals surface area (Å²) in [4.78, 5) is 36.6. The predicted octanol–water partition coefficient (Wildman–Crippen LogP) is 9.74. The van der Waals surface area contributed by atoms with Crippen molar-refractivity contribution < 1.29 is 38.2 Å². The van der Waals surface area contributed by atoms with Gasteiger partial charge in [0.15, 0.2) is 6.10 Å². The Labute approximate surface area is 340 Å². The summed E-state index contributed by atoms with van der Waals surface area (Å²) in [5, 5.41) is 11.6. The fourth-order valence-corrected chi connectivity index (χ4v) is 5.00. The Balaban J connectivity index is 4.52. The minimum absolute atomic E-state index is 0.0189. The molecule has 8 nitrogen and oxygen atoms in total. The Morgan fingerprint density at radius 2 is 0.964 bits per heavy atom. The second-order valence-corrected chi connectivity index (χ2v) is 14.1. The van der Waals surface area contributed by atoms with Crippen molar-refractivity contribution in [2.75, 3.05) is 41.0 Å². The molecule has 0 aliphatic heterocycles. The Hall–Kier alpha value is -4.27.